The van der Waals surface area contributed by atoms with Gasteiger partial charge in [-0.25, -0.2) is 0 Å². The smallest absolute Gasteiger partial charge is 0.333 e. The first-order valence-electron chi connectivity index (χ1n) is 27.9. The Morgan fingerprint density at radius 3 is 1.42 bits per heavy atom. The third-order valence-corrected chi connectivity index (χ3v) is 16.7. The van der Waals surface area contributed by atoms with Crippen molar-refractivity contribution in [2.45, 2.75) is 58.3 Å². The standard InChI is InChI=1S/C75H61BN2O/c1-74(2,3)58-36-26-54(27-37-58)70(55-28-38-59(39-29-55)75(4,5)6)57-34-44-62-64-48-65-63-24-16-17-25-69(63)79-73(65)72-71(64)76(78(68(62)47-57)61-42-32-53(33-43-61)50-20-12-8-13-21-50)66-46-56(51-22-14-9-15-23-51)35-45-67(66)77(72)60-40-30-52(31-41-60)49-18-10-7-11-19-49/h7-48,70H,1-6H3. The van der Waals surface area contributed by atoms with Gasteiger partial charge < -0.3 is 14.1 Å². The summed E-state index contributed by atoms with van der Waals surface area (Å²) >= 11 is 0. The summed E-state index contributed by atoms with van der Waals surface area (Å²) in [5.74, 6) is -0.0365. The molecule has 2 aliphatic heterocycles. The van der Waals surface area contributed by atoms with Gasteiger partial charge in [0.2, 0.25) is 0 Å². The largest absolute Gasteiger partial charge is 0.454 e. The van der Waals surface area contributed by atoms with Gasteiger partial charge in [0, 0.05) is 45.0 Å². The normalized spacial score (nSPS) is 13.0. The second-order valence-corrected chi connectivity index (χ2v) is 23.7. The average molecular weight is 1020 g/mol. The highest BCUT2D eigenvalue weighted by molar-refractivity contribution is 6.94. The van der Waals surface area contributed by atoms with Crippen molar-refractivity contribution >= 4 is 68.1 Å². The topological polar surface area (TPSA) is 19.6 Å². The number of hydrogen-bond acceptors (Lipinski definition) is 3. The molecular weight excluding hydrogens is 956 g/mol. The minimum Gasteiger partial charge on any atom is -0.454 e. The van der Waals surface area contributed by atoms with Crippen LogP contribution in [0, 0.1) is 0 Å². The SMILES string of the molecule is CC(C)(C)c1ccc(C(c2ccc(C(C)(C)C)cc2)c2ccc3c(c2)N(c2ccc(-c4ccccc4)cc2)B2c4cc(-c5ccccc5)ccc4N(c4ccc(-c5ccccc5)cc4)c4c2c-3cc2c4oc3ccccc32)cc1. The first-order chi connectivity index (χ1) is 38.4. The molecule has 3 heterocycles. The Balaban J connectivity index is 1.07. The molecule has 0 bridgehead atoms. The number of furan rings is 1. The van der Waals surface area contributed by atoms with Crippen molar-refractivity contribution in [3.8, 4) is 44.5 Å². The van der Waals surface area contributed by atoms with E-state index in [1.165, 1.54) is 88.9 Å². The van der Waals surface area contributed by atoms with Gasteiger partial charge in [-0.3, -0.25) is 0 Å². The van der Waals surface area contributed by atoms with E-state index >= 15 is 0 Å². The van der Waals surface area contributed by atoms with Gasteiger partial charge in [0.15, 0.2) is 5.58 Å². The van der Waals surface area contributed by atoms with Crippen LogP contribution in [0.1, 0.15) is 75.3 Å². The van der Waals surface area contributed by atoms with Gasteiger partial charge in [0.25, 0.3) is 0 Å². The summed E-state index contributed by atoms with van der Waals surface area (Å²) in [7, 11) is 0. The zero-order valence-corrected chi connectivity index (χ0v) is 45.7. The maximum atomic E-state index is 7.22. The molecule has 4 heteroatoms. The predicted octanol–water partition coefficient (Wildman–Crippen LogP) is 19.1. The van der Waals surface area contributed by atoms with E-state index in [0.29, 0.717) is 0 Å². The molecule has 0 aliphatic carbocycles. The second-order valence-electron chi connectivity index (χ2n) is 23.7. The second kappa shape index (κ2) is 18.8. The number of benzene rings is 11. The molecule has 0 spiro atoms. The lowest BCUT2D eigenvalue weighted by Crippen LogP contribution is -2.61. The fourth-order valence-electron chi connectivity index (χ4n) is 12.6. The number of hydrogen-bond donors (Lipinski definition) is 0. The molecular formula is C75H61BN2O. The molecule has 0 atom stereocenters. The number of rotatable bonds is 8. The molecule has 0 fully saturated rings. The summed E-state index contributed by atoms with van der Waals surface area (Å²) in [5.41, 5.74) is 25.7. The molecule has 0 N–H and O–H groups in total. The Morgan fingerprint density at radius 1 is 0.380 bits per heavy atom. The van der Waals surface area contributed by atoms with E-state index < -0.39 is 0 Å². The molecule has 0 amide bonds. The van der Waals surface area contributed by atoms with Crippen LogP contribution in [-0.2, 0) is 10.8 Å². The minimum atomic E-state index is -0.262. The van der Waals surface area contributed by atoms with Crippen molar-refractivity contribution in [3.63, 3.8) is 0 Å². The summed E-state index contributed by atoms with van der Waals surface area (Å²) in [6.07, 6.45) is 0. The molecule has 0 saturated heterocycles. The van der Waals surface area contributed by atoms with E-state index in [-0.39, 0.29) is 23.6 Å². The van der Waals surface area contributed by atoms with Gasteiger partial charge in [-0.1, -0.05) is 248 Å². The van der Waals surface area contributed by atoms with Crippen molar-refractivity contribution in [1.82, 2.24) is 0 Å². The van der Waals surface area contributed by atoms with E-state index in [2.05, 4.69) is 306 Å². The van der Waals surface area contributed by atoms with Crippen LogP contribution in [0.4, 0.5) is 28.4 Å². The summed E-state index contributed by atoms with van der Waals surface area (Å²) in [5, 5.41) is 2.21. The van der Waals surface area contributed by atoms with Crippen LogP contribution in [0.25, 0.3) is 66.4 Å². The number of para-hydroxylation sites is 1. The first-order valence-corrected chi connectivity index (χ1v) is 27.9. The van der Waals surface area contributed by atoms with Gasteiger partial charge in [0.05, 0.1) is 5.69 Å². The quantitative estimate of drug-likeness (QED) is 0.112. The Bertz CT molecular complexity index is 4170. The summed E-state index contributed by atoms with van der Waals surface area (Å²) in [6.45, 7) is 13.5. The van der Waals surface area contributed by atoms with Crippen molar-refractivity contribution in [3.05, 3.63) is 283 Å². The lowest BCUT2D eigenvalue weighted by Gasteiger charge is -2.46. The van der Waals surface area contributed by atoms with Crippen LogP contribution in [-0.4, -0.2) is 6.85 Å². The molecule has 380 valence electrons. The molecule has 79 heavy (non-hydrogen) atoms. The van der Waals surface area contributed by atoms with Gasteiger partial charge >= 0.3 is 6.85 Å². The van der Waals surface area contributed by atoms with E-state index in [9.17, 15) is 0 Å². The molecule has 11 aromatic carbocycles. The fourth-order valence-corrected chi connectivity index (χ4v) is 12.6. The summed E-state index contributed by atoms with van der Waals surface area (Å²) < 4.78 is 7.22. The Kier molecular flexibility index (Phi) is 11.5. The maximum Gasteiger partial charge on any atom is 0.333 e. The van der Waals surface area contributed by atoms with Crippen LogP contribution in [0.3, 0.4) is 0 Å². The molecule has 14 rings (SSSR count). The highest BCUT2D eigenvalue weighted by atomic mass is 16.3. The highest BCUT2D eigenvalue weighted by Gasteiger charge is 2.47. The van der Waals surface area contributed by atoms with Crippen molar-refractivity contribution in [1.29, 1.82) is 0 Å². The third-order valence-electron chi connectivity index (χ3n) is 16.7. The molecule has 0 radical (unpaired) electrons. The molecule has 12 aromatic rings. The van der Waals surface area contributed by atoms with Crippen LogP contribution in [0.5, 0.6) is 0 Å². The Morgan fingerprint density at radius 2 is 0.861 bits per heavy atom. The zero-order valence-electron chi connectivity index (χ0n) is 45.7. The Labute approximate surface area is 465 Å². The van der Waals surface area contributed by atoms with Crippen LogP contribution < -0.4 is 20.6 Å². The lowest BCUT2D eigenvalue weighted by atomic mass is 9.43. The summed E-state index contributed by atoms with van der Waals surface area (Å²) in [6, 6.07) is 94.9. The lowest BCUT2D eigenvalue weighted by molar-refractivity contribution is 0.589. The van der Waals surface area contributed by atoms with E-state index in [0.717, 1.165) is 44.7 Å². The number of nitrogens with zero attached hydrogens (tertiary/aromatic N) is 2. The Hall–Kier alpha value is -9.12. The first kappa shape index (κ1) is 48.3. The number of fused-ring (bicyclic) bond motifs is 8. The van der Waals surface area contributed by atoms with Crippen molar-refractivity contribution < 1.29 is 4.42 Å². The average Bonchev–Trinajstić information content (AvgIpc) is 2.91. The van der Waals surface area contributed by atoms with E-state index in [1.807, 2.05) is 0 Å². The van der Waals surface area contributed by atoms with E-state index in [1.54, 1.807) is 0 Å². The minimum absolute atomic E-state index is 0.0284. The molecule has 0 unspecified atom stereocenters. The monoisotopic (exact) mass is 1020 g/mol. The molecule has 0 saturated carbocycles. The van der Waals surface area contributed by atoms with Crippen LogP contribution in [0.2, 0.25) is 0 Å². The van der Waals surface area contributed by atoms with Crippen molar-refractivity contribution in [2.75, 3.05) is 9.71 Å². The fraction of sp³-hybridized carbons (Fsp3) is 0.120. The van der Waals surface area contributed by atoms with Crippen LogP contribution >= 0.6 is 0 Å². The van der Waals surface area contributed by atoms with Crippen molar-refractivity contribution in [2.24, 2.45) is 0 Å². The summed E-state index contributed by atoms with van der Waals surface area (Å²) in [4.78, 5) is 5.15. The van der Waals surface area contributed by atoms with Gasteiger partial charge in [-0.15, -0.1) is 0 Å². The van der Waals surface area contributed by atoms with Gasteiger partial charge in [-0.05, 0) is 137 Å². The van der Waals surface area contributed by atoms with Crippen LogP contribution in [0.15, 0.2) is 259 Å². The zero-order chi connectivity index (χ0) is 53.6. The molecule has 2 aliphatic rings. The number of anilines is 5. The molecule has 1 aromatic heterocycles. The third kappa shape index (κ3) is 8.37. The highest BCUT2D eigenvalue weighted by Crippen LogP contribution is 2.52. The van der Waals surface area contributed by atoms with E-state index in [4.69, 9.17) is 4.42 Å². The molecule has 3 nitrogen and oxygen atoms in total. The maximum absolute atomic E-state index is 7.22. The van der Waals surface area contributed by atoms with Gasteiger partial charge in [-0.2, -0.15) is 0 Å². The van der Waals surface area contributed by atoms with Gasteiger partial charge in [0.1, 0.15) is 5.58 Å². The predicted molar refractivity (Wildman–Crippen MR) is 335 cm³/mol.